The van der Waals surface area contributed by atoms with Gasteiger partial charge in [-0.25, -0.2) is 4.39 Å². The van der Waals surface area contributed by atoms with E-state index < -0.39 is 24.6 Å². The van der Waals surface area contributed by atoms with Crippen molar-refractivity contribution in [2.75, 3.05) is 6.61 Å². The second kappa shape index (κ2) is 5.56. The molecule has 0 aliphatic heterocycles. The van der Waals surface area contributed by atoms with Crippen LogP contribution in [0.25, 0.3) is 0 Å². The smallest absolute Gasteiger partial charge is 0.129 e. The zero-order chi connectivity index (χ0) is 12.1. The predicted octanol–water partition coefficient (Wildman–Crippen LogP) is 0.278. The number of aliphatic hydroxyl groups is 3. The van der Waals surface area contributed by atoms with Crippen molar-refractivity contribution in [3.8, 4) is 6.07 Å². The summed E-state index contributed by atoms with van der Waals surface area (Å²) in [6.07, 6.45) is -2.84. The fourth-order valence-corrected chi connectivity index (χ4v) is 1.33. The van der Waals surface area contributed by atoms with E-state index in [2.05, 4.69) is 0 Å². The van der Waals surface area contributed by atoms with E-state index in [4.69, 9.17) is 10.4 Å². The lowest BCUT2D eigenvalue weighted by atomic mass is 10.0. The van der Waals surface area contributed by atoms with E-state index in [1.807, 2.05) is 6.07 Å². The first kappa shape index (κ1) is 12.6. The Morgan fingerprint density at radius 1 is 1.38 bits per heavy atom. The van der Waals surface area contributed by atoms with Crippen molar-refractivity contribution in [3.05, 3.63) is 35.1 Å². The van der Waals surface area contributed by atoms with Gasteiger partial charge in [0.25, 0.3) is 0 Å². The summed E-state index contributed by atoms with van der Waals surface area (Å²) in [7, 11) is 0. The standard InChI is InChI=1S/C11H12FNO3/c12-9-2-1-7(3-4-13)5-8(9)11(16)10(15)6-14/h1-2,5,10-11,14-16H,3,6H2. The van der Waals surface area contributed by atoms with Crippen molar-refractivity contribution in [3.63, 3.8) is 0 Å². The molecule has 86 valence electrons. The van der Waals surface area contributed by atoms with Crippen molar-refractivity contribution in [2.45, 2.75) is 18.6 Å². The molecule has 0 aliphatic carbocycles. The van der Waals surface area contributed by atoms with E-state index in [-0.39, 0.29) is 12.0 Å². The number of aliphatic hydroxyl groups excluding tert-OH is 3. The summed E-state index contributed by atoms with van der Waals surface area (Å²) in [6.45, 7) is -0.664. The predicted molar refractivity (Wildman–Crippen MR) is 53.8 cm³/mol. The van der Waals surface area contributed by atoms with E-state index in [0.29, 0.717) is 5.56 Å². The quantitative estimate of drug-likeness (QED) is 0.687. The summed E-state index contributed by atoms with van der Waals surface area (Å²) in [5, 5.41) is 35.8. The Balaban J connectivity index is 3.02. The highest BCUT2D eigenvalue weighted by Crippen LogP contribution is 2.21. The second-order valence-corrected chi connectivity index (χ2v) is 3.39. The fraction of sp³-hybridized carbons (Fsp3) is 0.364. The molecule has 0 bridgehead atoms. The number of rotatable bonds is 4. The van der Waals surface area contributed by atoms with Crippen LogP contribution in [-0.2, 0) is 6.42 Å². The zero-order valence-electron chi connectivity index (χ0n) is 8.47. The molecule has 3 N–H and O–H groups in total. The van der Waals surface area contributed by atoms with Gasteiger partial charge >= 0.3 is 0 Å². The van der Waals surface area contributed by atoms with Gasteiger partial charge in [0, 0.05) is 5.56 Å². The minimum absolute atomic E-state index is 0.0925. The van der Waals surface area contributed by atoms with E-state index >= 15 is 0 Å². The Labute approximate surface area is 92.2 Å². The summed E-state index contributed by atoms with van der Waals surface area (Å²) >= 11 is 0. The number of benzene rings is 1. The second-order valence-electron chi connectivity index (χ2n) is 3.39. The SMILES string of the molecule is N#CCc1ccc(F)c(C(O)C(O)CO)c1. The molecule has 0 heterocycles. The van der Waals surface area contributed by atoms with Crippen molar-refractivity contribution in [1.82, 2.24) is 0 Å². The van der Waals surface area contributed by atoms with Crippen molar-refractivity contribution >= 4 is 0 Å². The van der Waals surface area contributed by atoms with Gasteiger partial charge in [0.15, 0.2) is 0 Å². The fourth-order valence-electron chi connectivity index (χ4n) is 1.33. The van der Waals surface area contributed by atoms with Gasteiger partial charge in [0.1, 0.15) is 18.0 Å². The maximum Gasteiger partial charge on any atom is 0.129 e. The monoisotopic (exact) mass is 225 g/mol. The lowest BCUT2D eigenvalue weighted by molar-refractivity contribution is -0.0168. The molecule has 5 heteroatoms. The first-order chi connectivity index (χ1) is 7.60. The molecule has 16 heavy (non-hydrogen) atoms. The van der Waals surface area contributed by atoms with Gasteiger partial charge < -0.3 is 15.3 Å². The Bertz CT molecular complexity index is 403. The van der Waals surface area contributed by atoms with Crippen LogP contribution >= 0.6 is 0 Å². The summed E-state index contributed by atoms with van der Waals surface area (Å²) < 4.78 is 13.3. The van der Waals surface area contributed by atoms with Crippen LogP contribution in [0.15, 0.2) is 18.2 Å². The molecule has 0 saturated carbocycles. The molecule has 4 nitrogen and oxygen atoms in total. The molecule has 0 aromatic heterocycles. The third-order valence-corrected chi connectivity index (χ3v) is 2.21. The van der Waals surface area contributed by atoms with Gasteiger partial charge in [-0.2, -0.15) is 5.26 Å². The molecule has 2 atom stereocenters. The lowest BCUT2D eigenvalue weighted by Gasteiger charge is -2.17. The molecular formula is C11H12FNO3. The minimum Gasteiger partial charge on any atom is -0.394 e. The number of nitrogens with zero attached hydrogens (tertiary/aromatic N) is 1. The third kappa shape index (κ3) is 2.76. The Morgan fingerprint density at radius 2 is 2.06 bits per heavy atom. The van der Waals surface area contributed by atoms with Gasteiger partial charge in [-0.15, -0.1) is 0 Å². The highest BCUT2D eigenvalue weighted by atomic mass is 19.1. The Hall–Kier alpha value is -1.48. The first-order valence-corrected chi connectivity index (χ1v) is 4.72. The Morgan fingerprint density at radius 3 is 2.62 bits per heavy atom. The maximum absolute atomic E-state index is 13.3. The van der Waals surface area contributed by atoms with Crippen molar-refractivity contribution in [1.29, 1.82) is 5.26 Å². The maximum atomic E-state index is 13.3. The van der Waals surface area contributed by atoms with Crippen LogP contribution in [0.2, 0.25) is 0 Å². The van der Waals surface area contributed by atoms with Crippen LogP contribution in [0.4, 0.5) is 4.39 Å². The van der Waals surface area contributed by atoms with Crippen LogP contribution in [0.5, 0.6) is 0 Å². The molecule has 1 aromatic carbocycles. The van der Waals surface area contributed by atoms with Crippen LogP contribution in [0.1, 0.15) is 17.2 Å². The van der Waals surface area contributed by atoms with Crippen LogP contribution in [-0.4, -0.2) is 28.0 Å². The summed E-state index contributed by atoms with van der Waals surface area (Å²) in [4.78, 5) is 0. The number of hydrogen-bond donors (Lipinski definition) is 3. The van der Waals surface area contributed by atoms with Crippen molar-refractivity contribution < 1.29 is 19.7 Å². The molecule has 0 saturated heterocycles. The molecule has 0 aliphatic rings. The van der Waals surface area contributed by atoms with Gasteiger partial charge in [-0.05, 0) is 17.7 Å². The number of nitriles is 1. The highest BCUT2D eigenvalue weighted by Gasteiger charge is 2.21. The normalized spacial score (nSPS) is 14.2. The number of hydrogen-bond acceptors (Lipinski definition) is 4. The summed E-state index contributed by atoms with van der Waals surface area (Å²) in [6, 6.07) is 5.76. The average molecular weight is 225 g/mol. The van der Waals surface area contributed by atoms with E-state index in [0.717, 1.165) is 6.07 Å². The average Bonchev–Trinajstić information content (AvgIpc) is 2.30. The third-order valence-electron chi connectivity index (χ3n) is 2.21. The zero-order valence-corrected chi connectivity index (χ0v) is 8.47. The molecule has 0 radical (unpaired) electrons. The number of halogens is 1. The summed E-state index contributed by atoms with van der Waals surface area (Å²) in [5.41, 5.74) is 0.428. The van der Waals surface area contributed by atoms with Crippen LogP contribution in [0.3, 0.4) is 0 Å². The topological polar surface area (TPSA) is 84.5 Å². The lowest BCUT2D eigenvalue weighted by Crippen LogP contribution is -2.23. The van der Waals surface area contributed by atoms with Gasteiger partial charge in [-0.3, -0.25) is 0 Å². The van der Waals surface area contributed by atoms with Crippen LogP contribution < -0.4 is 0 Å². The van der Waals surface area contributed by atoms with Gasteiger partial charge in [0.2, 0.25) is 0 Å². The molecule has 0 fully saturated rings. The molecule has 0 amide bonds. The van der Waals surface area contributed by atoms with Crippen molar-refractivity contribution in [2.24, 2.45) is 0 Å². The molecule has 2 unspecified atom stereocenters. The molecule has 0 spiro atoms. The van der Waals surface area contributed by atoms with Gasteiger partial charge in [0.05, 0.1) is 19.1 Å². The van der Waals surface area contributed by atoms with Gasteiger partial charge in [-0.1, -0.05) is 6.07 Å². The Kier molecular flexibility index (Phi) is 4.38. The van der Waals surface area contributed by atoms with E-state index in [1.54, 1.807) is 0 Å². The van der Waals surface area contributed by atoms with E-state index in [1.165, 1.54) is 12.1 Å². The molecular weight excluding hydrogens is 213 g/mol. The largest absolute Gasteiger partial charge is 0.394 e. The van der Waals surface area contributed by atoms with E-state index in [9.17, 15) is 14.6 Å². The molecule has 1 rings (SSSR count). The van der Waals surface area contributed by atoms with Crippen LogP contribution in [0, 0.1) is 17.1 Å². The first-order valence-electron chi connectivity index (χ1n) is 4.72. The minimum atomic E-state index is -1.50. The highest BCUT2D eigenvalue weighted by molar-refractivity contribution is 5.29. The summed E-state index contributed by atoms with van der Waals surface area (Å²) in [5.74, 6) is -0.679. The molecule has 1 aromatic rings.